The van der Waals surface area contributed by atoms with Crippen molar-refractivity contribution >= 4 is 28.3 Å². The first-order valence-electron chi connectivity index (χ1n) is 8.40. The van der Waals surface area contributed by atoms with Gasteiger partial charge in [-0.3, -0.25) is 4.79 Å². The highest BCUT2D eigenvalue weighted by Gasteiger charge is 2.14. The summed E-state index contributed by atoms with van der Waals surface area (Å²) >= 11 is 6.12. The molecule has 134 valence electrons. The van der Waals surface area contributed by atoms with E-state index in [2.05, 4.69) is 10.1 Å². The van der Waals surface area contributed by atoms with Crippen LogP contribution in [0.15, 0.2) is 71.3 Å². The molecular weight excluding hydrogens is 364 g/mol. The van der Waals surface area contributed by atoms with E-state index in [1.165, 1.54) is 0 Å². The predicted molar refractivity (Wildman–Crippen MR) is 102 cm³/mol. The molecule has 27 heavy (non-hydrogen) atoms. The van der Waals surface area contributed by atoms with Gasteiger partial charge in [-0.2, -0.15) is 4.98 Å². The number of fused-ring (bicyclic) bond motifs is 1. The maximum Gasteiger partial charge on any atom is 0.310 e. The summed E-state index contributed by atoms with van der Waals surface area (Å²) in [5.41, 5.74) is 1.56. The van der Waals surface area contributed by atoms with Crippen LogP contribution in [0.5, 0.6) is 0 Å². The molecule has 6 heteroatoms. The Morgan fingerprint density at radius 2 is 1.78 bits per heavy atom. The van der Waals surface area contributed by atoms with E-state index in [9.17, 15) is 4.79 Å². The molecule has 1 heterocycles. The Morgan fingerprint density at radius 3 is 2.67 bits per heavy atom. The maximum absolute atomic E-state index is 12.2. The predicted octanol–water partition coefficient (Wildman–Crippen LogP) is 4.83. The van der Waals surface area contributed by atoms with Crippen molar-refractivity contribution in [2.75, 3.05) is 0 Å². The van der Waals surface area contributed by atoms with Crippen LogP contribution in [0.2, 0.25) is 5.02 Å². The molecule has 0 bridgehead atoms. The molecule has 0 saturated carbocycles. The number of esters is 1. The molecule has 0 unspecified atom stereocenters. The largest absolute Gasteiger partial charge is 0.457 e. The second kappa shape index (κ2) is 7.60. The number of hydrogen-bond acceptors (Lipinski definition) is 5. The Hall–Kier alpha value is -3.18. The van der Waals surface area contributed by atoms with Gasteiger partial charge in [0.05, 0.1) is 17.0 Å². The smallest absolute Gasteiger partial charge is 0.310 e. The van der Waals surface area contributed by atoms with Gasteiger partial charge in [0, 0.05) is 0 Å². The fourth-order valence-electron chi connectivity index (χ4n) is 2.85. The highest BCUT2D eigenvalue weighted by Crippen LogP contribution is 2.26. The van der Waals surface area contributed by atoms with Gasteiger partial charge in [-0.25, -0.2) is 0 Å². The standard InChI is InChI=1S/C21H15ClN2O3/c22-18-11-4-3-10-17(18)21-23-19(24-27-21)13-26-20(25)12-15-8-5-7-14-6-1-2-9-16(14)15/h1-11H,12-13H2. The fourth-order valence-corrected chi connectivity index (χ4v) is 3.07. The third-order valence-corrected chi connectivity index (χ3v) is 4.48. The number of aromatic nitrogens is 2. The first-order valence-corrected chi connectivity index (χ1v) is 8.78. The lowest BCUT2D eigenvalue weighted by Crippen LogP contribution is -2.09. The van der Waals surface area contributed by atoms with Gasteiger partial charge in [0.15, 0.2) is 6.61 Å². The van der Waals surface area contributed by atoms with Crippen molar-refractivity contribution in [3.8, 4) is 11.5 Å². The molecule has 0 saturated heterocycles. The van der Waals surface area contributed by atoms with E-state index >= 15 is 0 Å². The third kappa shape index (κ3) is 3.83. The highest BCUT2D eigenvalue weighted by molar-refractivity contribution is 6.33. The van der Waals surface area contributed by atoms with Gasteiger partial charge in [-0.05, 0) is 28.5 Å². The molecule has 0 spiro atoms. The molecule has 0 N–H and O–H groups in total. The summed E-state index contributed by atoms with van der Waals surface area (Å²) < 4.78 is 10.5. The Balaban J connectivity index is 1.42. The summed E-state index contributed by atoms with van der Waals surface area (Å²) in [5.74, 6) is 0.229. The first-order chi connectivity index (χ1) is 13.2. The van der Waals surface area contributed by atoms with Crippen LogP contribution in [0.4, 0.5) is 0 Å². The summed E-state index contributed by atoms with van der Waals surface area (Å²) in [6.07, 6.45) is 0.177. The van der Waals surface area contributed by atoms with E-state index in [0.29, 0.717) is 16.5 Å². The van der Waals surface area contributed by atoms with Crippen LogP contribution in [0.25, 0.3) is 22.2 Å². The van der Waals surface area contributed by atoms with E-state index in [0.717, 1.165) is 16.3 Å². The van der Waals surface area contributed by atoms with Gasteiger partial charge in [-0.15, -0.1) is 0 Å². The summed E-state index contributed by atoms with van der Waals surface area (Å²) in [4.78, 5) is 16.5. The Labute approximate surface area is 160 Å². The summed E-state index contributed by atoms with van der Waals surface area (Å²) in [6.45, 7) is -0.0580. The maximum atomic E-state index is 12.2. The topological polar surface area (TPSA) is 65.2 Å². The normalized spacial score (nSPS) is 10.9. The van der Waals surface area contributed by atoms with E-state index in [1.807, 2.05) is 54.6 Å². The van der Waals surface area contributed by atoms with Gasteiger partial charge in [0.1, 0.15) is 0 Å². The second-order valence-corrected chi connectivity index (χ2v) is 6.38. The number of carbonyl (C=O) groups is 1. The zero-order chi connectivity index (χ0) is 18.6. The molecule has 0 radical (unpaired) electrons. The minimum absolute atomic E-state index is 0.0580. The van der Waals surface area contributed by atoms with Crippen molar-refractivity contribution in [2.45, 2.75) is 13.0 Å². The molecule has 3 aromatic carbocycles. The van der Waals surface area contributed by atoms with Gasteiger partial charge in [-0.1, -0.05) is 71.4 Å². The van der Waals surface area contributed by atoms with Gasteiger partial charge in [0.25, 0.3) is 5.89 Å². The molecule has 4 rings (SSSR count). The van der Waals surface area contributed by atoms with E-state index in [-0.39, 0.29) is 24.8 Å². The average Bonchev–Trinajstić information content (AvgIpc) is 3.16. The Kier molecular flexibility index (Phi) is 4.85. The first kappa shape index (κ1) is 17.2. The SMILES string of the molecule is O=C(Cc1cccc2ccccc12)OCc1noc(-c2ccccc2Cl)n1. The summed E-state index contributed by atoms with van der Waals surface area (Å²) in [7, 11) is 0. The quantitative estimate of drug-likeness (QED) is 0.465. The second-order valence-electron chi connectivity index (χ2n) is 5.97. The number of rotatable bonds is 5. The van der Waals surface area contributed by atoms with Gasteiger partial charge < -0.3 is 9.26 Å². The van der Waals surface area contributed by atoms with Crippen LogP contribution in [0, 0.1) is 0 Å². The molecule has 0 aliphatic heterocycles. The van der Waals surface area contributed by atoms with E-state index < -0.39 is 0 Å². The number of benzene rings is 3. The molecule has 0 amide bonds. The van der Waals surface area contributed by atoms with Crippen molar-refractivity contribution in [3.63, 3.8) is 0 Å². The lowest BCUT2D eigenvalue weighted by molar-refractivity contribution is -0.144. The zero-order valence-electron chi connectivity index (χ0n) is 14.3. The van der Waals surface area contributed by atoms with Crippen LogP contribution in [0.1, 0.15) is 11.4 Å². The molecule has 5 nitrogen and oxygen atoms in total. The molecule has 0 aliphatic rings. The van der Waals surface area contributed by atoms with Gasteiger partial charge in [0.2, 0.25) is 5.82 Å². The molecule has 4 aromatic rings. The fraction of sp³-hybridized carbons (Fsp3) is 0.0952. The van der Waals surface area contributed by atoms with Crippen LogP contribution < -0.4 is 0 Å². The minimum atomic E-state index is -0.351. The Bertz CT molecular complexity index is 1100. The van der Waals surface area contributed by atoms with Crippen molar-refractivity contribution in [1.82, 2.24) is 10.1 Å². The number of hydrogen-bond donors (Lipinski definition) is 0. The zero-order valence-corrected chi connectivity index (χ0v) is 15.0. The molecule has 0 fully saturated rings. The summed E-state index contributed by atoms with van der Waals surface area (Å²) in [6, 6.07) is 21.0. The van der Waals surface area contributed by atoms with Crippen molar-refractivity contribution in [2.24, 2.45) is 0 Å². The molecule has 0 atom stereocenters. The highest BCUT2D eigenvalue weighted by atomic mass is 35.5. The van der Waals surface area contributed by atoms with Crippen LogP contribution in [-0.4, -0.2) is 16.1 Å². The lowest BCUT2D eigenvalue weighted by Gasteiger charge is -2.06. The number of nitrogens with zero attached hydrogens (tertiary/aromatic N) is 2. The van der Waals surface area contributed by atoms with Crippen molar-refractivity contribution in [3.05, 3.63) is 83.1 Å². The lowest BCUT2D eigenvalue weighted by atomic mass is 10.0. The Morgan fingerprint density at radius 1 is 1.00 bits per heavy atom. The molecular formula is C21H15ClN2O3. The number of ether oxygens (including phenoxy) is 1. The number of carbonyl (C=O) groups excluding carboxylic acids is 1. The van der Waals surface area contributed by atoms with Crippen LogP contribution in [0.3, 0.4) is 0 Å². The van der Waals surface area contributed by atoms with Crippen LogP contribution >= 0.6 is 11.6 Å². The van der Waals surface area contributed by atoms with Crippen LogP contribution in [-0.2, 0) is 22.6 Å². The number of halogens is 1. The molecule has 0 aliphatic carbocycles. The third-order valence-electron chi connectivity index (χ3n) is 4.15. The van der Waals surface area contributed by atoms with Crippen molar-refractivity contribution in [1.29, 1.82) is 0 Å². The van der Waals surface area contributed by atoms with Crippen molar-refractivity contribution < 1.29 is 14.1 Å². The minimum Gasteiger partial charge on any atom is -0.457 e. The molecule has 1 aromatic heterocycles. The summed E-state index contributed by atoms with van der Waals surface area (Å²) in [5, 5.41) is 6.48. The van der Waals surface area contributed by atoms with E-state index in [1.54, 1.807) is 12.1 Å². The van der Waals surface area contributed by atoms with Gasteiger partial charge >= 0.3 is 5.97 Å². The van der Waals surface area contributed by atoms with E-state index in [4.69, 9.17) is 20.9 Å². The average molecular weight is 379 g/mol. The monoisotopic (exact) mass is 378 g/mol.